The average Bonchev–Trinajstić information content (AvgIpc) is 2.95. The highest BCUT2D eigenvalue weighted by Crippen LogP contribution is 2.26. The van der Waals surface area contributed by atoms with E-state index in [0.29, 0.717) is 15.7 Å². The van der Waals surface area contributed by atoms with Crippen molar-refractivity contribution in [3.05, 3.63) is 50.6 Å². The van der Waals surface area contributed by atoms with E-state index < -0.39 is 0 Å². The highest BCUT2D eigenvalue weighted by Gasteiger charge is 2.16. The highest BCUT2D eigenvalue weighted by atomic mass is 35.5. The fourth-order valence-corrected chi connectivity index (χ4v) is 3.19. The minimum Gasteiger partial charge on any atom is -0.324 e. The molecule has 1 aromatic carbocycles. The number of rotatable bonds is 5. The van der Waals surface area contributed by atoms with Crippen LogP contribution in [0.3, 0.4) is 0 Å². The van der Waals surface area contributed by atoms with Crippen LogP contribution in [0.5, 0.6) is 0 Å². The number of halogens is 2. The van der Waals surface area contributed by atoms with Gasteiger partial charge in [-0.2, -0.15) is 0 Å². The van der Waals surface area contributed by atoms with Crippen molar-refractivity contribution in [2.75, 3.05) is 18.9 Å². The van der Waals surface area contributed by atoms with Gasteiger partial charge in [0, 0.05) is 15.9 Å². The summed E-state index contributed by atoms with van der Waals surface area (Å²) < 4.78 is 0. The molecule has 6 heteroatoms. The van der Waals surface area contributed by atoms with E-state index in [9.17, 15) is 4.79 Å². The van der Waals surface area contributed by atoms with E-state index in [-0.39, 0.29) is 18.5 Å². The maximum atomic E-state index is 12.1. The molecule has 1 heterocycles. The number of nitrogens with one attached hydrogen (secondary N) is 1. The van der Waals surface area contributed by atoms with Crippen molar-refractivity contribution in [3.63, 3.8) is 0 Å². The lowest BCUT2D eigenvalue weighted by atomic mass is 10.2. The Kier molecular flexibility index (Phi) is 5.65. The topological polar surface area (TPSA) is 32.3 Å². The van der Waals surface area contributed by atoms with E-state index in [4.69, 9.17) is 23.2 Å². The molecule has 1 aromatic heterocycles. The lowest BCUT2D eigenvalue weighted by Gasteiger charge is -2.23. The maximum Gasteiger partial charge on any atom is 0.238 e. The molecule has 21 heavy (non-hydrogen) atoms. The number of carbonyl (C=O) groups excluding carboxylic acids is 1. The van der Waals surface area contributed by atoms with E-state index in [1.807, 2.05) is 23.4 Å². The number of likely N-dealkylation sites (N-methyl/N-ethyl adjacent to an activating group) is 1. The van der Waals surface area contributed by atoms with Crippen molar-refractivity contribution < 1.29 is 4.79 Å². The third-order valence-corrected chi connectivity index (χ3v) is 4.80. The SMILES string of the molecule is CC(c1cccs1)N(C)CC(=O)Nc1ccc(Cl)cc1Cl. The van der Waals surface area contributed by atoms with Gasteiger partial charge in [-0.05, 0) is 43.6 Å². The molecule has 2 aromatic rings. The van der Waals surface area contributed by atoms with Gasteiger partial charge in [0.1, 0.15) is 0 Å². The van der Waals surface area contributed by atoms with E-state index in [1.54, 1.807) is 29.5 Å². The number of carbonyl (C=O) groups is 1. The summed E-state index contributed by atoms with van der Waals surface area (Å²) in [5.41, 5.74) is 0.572. The number of anilines is 1. The quantitative estimate of drug-likeness (QED) is 0.854. The van der Waals surface area contributed by atoms with Crippen molar-refractivity contribution >= 4 is 46.1 Å². The maximum absolute atomic E-state index is 12.1. The molecule has 0 fully saturated rings. The zero-order valence-electron chi connectivity index (χ0n) is 11.8. The Balaban J connectivity index is 1.95. The molecule has 1 amide bonds. The fraction of sp³-hybridized carbons (Fsp3) is 0.267. The Bertz CT molecular complexity index is 616. The van der Waals surface area contributed by atoms with Gasteiger partial charge in [0.05, 0.1) is 17.3 Å². The Morgan fingerprint density at radius 3 is 2.76 bits per heavy atom. The van der Waals surface area contributed by atoms with Gasteiger partial charge in [0.2, 0.25) is 5.91 Å². The van der Waals surface area contributed by atoms with Gasteiger partial charge < -0.3 is 5.32 Å². The summed E-state index contributed by atoms with van der Waals surface area (Å²) in [6.07, 6.45) is 0. The molecule has 2 rings (SSSR count). The Morgan fingerprint density at radius 2 is 2.14 bits per heavy atom. The van der Waals surface area contributed by atoms with Gasteiger partial charge in [-0.15, -0.1) is 11.3 Å². The molecule has 0 aliphatic rings. The van der Waals surface area contributed by atoms with Crippen LogP contribution < -0.4 is 5.32 Å². The first-order valence-corrected chi connectivity index (χ1v) is 8.09. The molecule has 0 saturated carbocycles. The van der Waals surface area contributed by atoms with E-state index in [0.717, 1.165) is 0 Å². The number of benzene rings is 1. The first kappa shape index (κ1) is 16.3. The molecule has 1 N–H and O–H groups in total. The van der Waals surface area contributed by atoms with Crippen molar-refractivity contribution in [1.82, 2.24) is 4.90 Å². The summed E-state index contributed by atoms with van der Waals surface area (Å²) in [5.74, 6) is -0.106. The van der Waals surface area contributed by atoms with Crippen LogP contribution in [-0.4, -0.2) is 24.4 Å². The van der Waals surface area contributed by atoms with E-state index >= 15 is 0 Å². The summed E-state index contributed by atoms with van der Waals surface area (Å²) in [6.45, 7) is 2.37. The van der Waals surface area contributed by atoms with Crippen molar-refractivity contribution in [3.8, 4) is 0 Å². The zero-order chi connectivity index (χ0) is 15.4. The van der Waals surface area contributed by atoms with Crippen molar-refractivity contribution in [2.45, 2.75) is 13.0 Å². The standard InChI is InChI=1S/C15H16Cl2N2OS/c1-10(14-4-3-7-21-14)19(2)9-15(20)18-13-6-5-11(16)8-12(13)17/h3-8,10H,9H2,1-2H3,(H,18,20). The molecular weight excluding hydrogens is 327 g/mol. The minimum atomic E-state index is -0.106. The molecule has 1 unspecified atom stereocenters. The average molecular weight is 343 g/mol. The first-order valence-electron chi connectivity index (χ1n) is 6.46. The van der Waals surface area contributed by atoms with Crippen LogP contribution in [-0.2, 0) is 4.79 Å². The van der Waals surface area contributed by atoms with Gasteiger partial charge >= 0.3 is 0 Å². The normalized spacial score (nSPS) is 12.4. The van der Waals surface area contributed by atoms with Gasteiger partial charge in [0.25, 0.3) is 0 Å². The van der Waals surface area contributed by atoms with Crippen LogP contribution in [0.1, 0.15) is 17.8 Å². The van der Waals surface area contributed by atoms with E-state index in [2.05, 4.69) is 18.3 Å². The van der Waals surface area contributed by atoms with Crippen LogP contribution >= 0.6 is 34.5 Å². The van der Waals surface area contributed by atoms with Crippen LogP contribution in [0, 0.1) is 0 Å². The second-order valence-electron chi connectivity index (χ2n) is 4.78. The van der Waals surface area contributed by atoms with Gasteiger partial charge in [-0.1, -0.05) is 29.3 Å². The van der Waals surface area contributed by atoms with Crippen molar-refractivity contribution in [2.24, 2.45) is 0 Å². The van der Waals surface area contributed by atoms with Crippen LogP contribution in [0.25, 0.3) is 0 Å². The number of thiophene rings is 1. The third kappa shape index (κ3) is 4.45. The highest BCUT2D eigenvalue weighted by molar-refractivity contribution is 7.10. The van der Waals surface area contributed by atoms with Crippen molar-refractivity contribution in [1.29, 1.82) is 0 Å². The monoisotopic (exact) mass is 342 g/mol. The minimum absolute atomic E-state index is 0.106. The van der Waals surface area contributed by atoms with Crippen LogP contribution in [0.4, 0.5) is 5.69 Å². The molecular formula is C15H16Cl2N2OS. The van der Waals surface area contributed by atoms with Gasteiger partial charge in [-0.25, -0.2) is 0 Å². The Hall–Kier alpha value is -1.07. The zero-order valence-corrected chi connectivity index (χ0v) is 14.1. The molecule has 1 atom stereocenters. The third-order valence-electron chi connectivity index (χ3n) is 3.21. The van der Waals surface area contributed by atoms with E-state index in [1.165, 1.54) is 4.88 Å². The predicted molar refractivity (Wildman–Crippen MR) is 90.5 cm³/mol. The largest absolute Gasteiger partial charge is 0.324 e. The molecule has 0 bridgehead atoms. The molecule has 0 aliphatic carbocycles. The molecule has 3 nitrogen and oxygen atoms in total. The first-order chi connectivity index (χ1) is 9.97. The molecule has 0 spiro atoms. The number of hydrogen-bond donors (Lipinski definition) is 1. The fourth-order valence-electron chi connectivity index (χ4n) is 1.89. The number of amides is 1. The second kappa shape index (κ2) is 7.27. The molecule has 112 valence electrons. The summed E-state index contributed by atoms with van der Waals surface area (Å²) in [4.78, 5) is 15.3. The van der Waals surface area contributed by atoms with Crippen LogP contribution in [0.2, 0.25) is 10.0 Å². The summed E-state index contributed by atoms with van der Waals surface area (Å²) >= 11 is 13.6. The summed E-state index contributed by atoms with van der Waals surface area (Å²) in [5, 5.41) is 5.81. The van der Waals surface area contributed by atoms with Crippen LogP contribution in [0.15, 0.2) is 35.7 Å². The Labute approximate surface area is 138 Å². The summed E-state index contributed by atoms with van der Waals surface area (Å²) in [6, 6.07) is 9.28. The molecule has 0 aliphatic heterocycles. The number of hydrogen-bond acceptors (Lipinski definition) is 3. The Morgan fingerprint density at radius 1 is 1.38 bits per heavy atom. The second-order valence-corrected chi connectivity index (χ2v) is 6.60. The number of nitrogens with zero attached hydrogens (tertiary/aromatic N) is 1. The smallest absolute Gasteiger partial charge is 0.238 e. The summed E-state index contributed by atoms with van der Waals surface area (Å²) in [7, 11) is 1.92. The predicted octanol–water partition coefficient (Wildman–Crippen LogP) is 4.69. The van der Waals surface area contributed by atoms with Gasteiger partial charge in [-0.3, -0.25) is 9.69 Å². The molecule has 0 radical (unpaired) electrons. The lowest BCUT2D eigenvalue weighted by Crippen LogP contribution is -2.32. The molecule has 0 saturated heterocycles. The van der Waals surface area contributed by atoms with Gasteiger partial charge in [0.15, 0.2) is 0 Å². The lowest BCUT2D eigenvalue weighted by molar-refractivity contribution is -0.117.